The minimum absolute atomic E-state index is 0.331. The molecular weight excluding hydrogens is 591 g/mol. The first kappa shape index (κ1) is 20.4. The molecule has 0 spiro atoms. The highest BCUT2D eigenvalue weighted by Crippen LogP contribution is 2.32. The Morgan fingerprint density at radius 1 is 0.935 bits per heavy atom. The molecule has 0 bridgehead atoms. The summed E-state index contributed by atoms with van der Waals surface area (Å²) in [7, 11) is 0. The lowest BCUT2D eigenvalue weighted by Gasteiger charge is -2.14. The maximum Gasteiger partial charge on any atom is 0.280 e. The maximum absolute atomic E-state index is 13.5. The molecule has 5 aromatic rings. The average Bonchev–Trinajstić information content (AvgIpc) is 2.76. The van der Waals surface area contributed by atoms with Crippen LogP contribution in [0.5, 0.6) is 0 Å². The fraction of sp³-hybridized carbons (Fsp3) is 0. The zero-order valence-electron chi connectivity index (χ0n) is 15.8. The van der Waals surface area contributed by atoms with Crippen molar-refractivity contribution in [3.63, 3.8) is 0 Å². The van der Waals surface area contributed by atoms with E-state index in [4.69, 9.17) is 27.4 Å². The quantitative estimate of drug-likeness (QED) is 0.152. The van der Waals surface area contributed by atoms with E-state index in [-0.39, 0.29) is 5.56 Å². The van der Waals surface area contributed by atoms with Gasteiger partial charge < -0.3 is 5.84 Å². The fourth-order valence-corrected chi connectivity index (χ4v) is 4.42. The van der Waals surface area contributed by atoms with Gasteiger partial charge in [0.1, 0.15) is 5.52 Å². The lowest BCUT2D eigenvalue weighted by molar-refractivity contribution is 0.927. The number of nitrogen functional groups attached to an aromatic ring is 1. The van der Waals surface area contributed by atoms with Crippen LogP contribution >= 0.6 is 50.1 Å². The Morgan fingerprint density at radius 2 is 1.61 bits per heavy atom. The number of nitrogens with zero attached hydrogens (tertiary/aromatic N) is 3. The van der Waals surface area contributed by atoms with Crippen LogP contribution in [0, 0.1) is 3.57 Å². The van der Waals surface area contributed by atoms with Crippen LogP contribution in [0.15, 0.2) is 76.0 Å². The number of hydrogen-bond acceptors (Lipinski definition) is 4. The number of hydrogen-bond donors (Lipinski definition) is 1. The largest absolute Gasteiger partial charge is 0.334 e. The molecule has 5 nitrogen and oxygen atoms in total. The van der Waals surface area contributed by atoms with Gasteiger partial charge in [0, 0.05) is 29.6 Å². The van der Waals surface area contributed by atoms with Crippen molar-refractivity contribution in [2.45, 2.75) is 0 Å². The summed E-state index contributed by atoms with van der Waals surface area (Å²) in [5.41, 5.74) is 3.07. The summed E-state index contributed by atoms with van der Waals surface area (Å²) < 4.78 is 3.04. The minimum Gasteiger partial charge on any atom is -0.334 e. The van der Waals surface area contributed by atoms with Crippen molar-refractivity contribution in [1.82, 2.24) is 14.6 Å². The zero-order chi connectivity index (χ0) is 21.7. The third-order valence-electron chi connectivity index (χ3n) is 5.02. The number of halogens is 3. The van der Waals surface area contributed by atoms with Crippen LogP contribution in [0.25, 0.3) is 44.5 Å². The highest BCUT2D eigenvalue weighted by atomic mass is 127. The summed E-state index contributed by atoms with van der Waals surface area (Å²) in [6, 6.07) is 20.6. The fourth-order valence-electron chi connectivity index (χ4n) is 3.54. The van der Waals surface area contributed by atoms with Crippen molar-refractivity contribution < 1.29 is 0 Å². The van der Waals surface area contributed by atoms with E-state index in [2.05, 4.69) is 38.5 Å². The molecule has 0 aliphatic heterocycles. The van der Waals surface area contributed by atoms with Crippen LogP contribution in [0.3, 0.4) is 0 Å². The van der Waals surface area contributed by atoms with Gasteiger partial charge in [0.05, 0.1) is 16.6 Å². The molecule has 2 aromatic heterocycles. The molecule has 5 rings (SSSR count). The summed E-state index contributed by atoms with van der Waals surface area (Å²) in [6.07, 6.45) is 0. The molecule has 0 radical (unpaired) electrons. The van der Waals surface area contributed by atoms with Gasteiger partial charge in [0.2, 0.25) is 0 Å². The summed E-state index contributed by atoms with van der Waals surface area (Å²) in [5, 5.41) is 1.76. The molecule has 0 aliphatic rings. The average molecular weight is 604 g/mol. The van der Waals surface area contributed by atoms with E-state index in [0.29, 0.717) is 38.5 Å². The second kappa shape index (κ2) is 7.89. The molecule has 152 valence electrons. The van der Waals surface area contributed by atoms with Crippen molar-refractivity contribution in [3.05, 3.63) is 90.1 Å². The lowest BCUT2D eigenvalue weighted by Crippen LogP contribution is -2.30. The molecular formula is C23H13BrClIN4O. The number of nitrogens with two attached hydrogens (primary N) is 1. The van der Waals surface area contributed by atoms with E-state index in [1.165, 1.54) is 0 Å². The van der Waals surface area contributed by atoms with Crippen LogP contribution in [-0.2, 0) is 0 Å². The summed E-state index contributed by atoms with van der Waals surface area (Å²) in [4.78, 5) is 23.2. The van der Waals surface area contributed by atoms with Crippen molar-refractivity contribution >= 4 is 71.9 Å². The molecule has 3 aromatic carbocycles. The van der Waals surface area contributed by atoms with E-state index in [0.717, 1.165) is 23.7 Å². The predicted octanol–water partition coefficient (Wildman–Crippen LogP) is 6.01. The smallest absolute Gasteiger partial charge is 0.280 e. The Labute approximate surface area is 204 Å². The molecule has 0 atom stereocenters. The van der Waals surface area contributed by atoms with E-state index in [1.807, 2.05) is 42.5 Å². The molecule has 2 heterocycles. The Kier molecular flexibility index (Phi) is 5.19. The van der Waals surface area contributed by atoms with Crippen LogP contribution in [0.2, 0.25) is 5.02 Å². The van der Waals surface area contributed by atoms with Crippen LogP contribution in [-0.4, -0.2) is 14.6 Å². The first-order chi connectivity index (χ1) is 14.9. The Balaban J connectivity index is 1.95. The molecule has 0 aliphatic carbocycles. The van der Waals surface area contributed by atoms with E-state index in [9.17, 15) is 4.79 Å². The van der Waals surface area contributed by atoms with Gasteiger partial charge in [-0.3, -0.25) is 4.79 Å². The molecule has 8 heteroatoms. The van der Waals surface area contributed by atoms with E-state index in [1.54, 1.807) is 24.3 Å². The standard InChI is InChI=1S/C23H13BrClIN4O/c24-14-5-1-12(2-6-14)20-21-19(17-11-16(26)9-10-18(17)28-20)23(31)30(27)22(29-21)13-3-7-15(25)8-4-13/h1-11H,27H2. The number of fused-ring (bicyclic) bond motifs is 3. The number of benzene rings is 3. The number of aromatic nitrogens is 3. The topological polar surface area (TPSA) is 73.8 Å². The number of pyridine rings is 1. The Hall–Kier alpha value is -2.49. The summed E-state index contributed by atoms with van der Waals surface area (Å²) in [5.74, 6) is 6.58. The highest BCUT2D eigenvalue weighted by molar-refractivity contribution is 14.1. The number of rotatable bonds is 2. The lowest BCUT2D eigenvalue weighted by atomic mass is 10.0. The maximum atomic E-state index is 13.5. The van der Waals surface area contributed by atoms with Gasteiger partial charge in [-0.2, -0.15) is 0 Å². The van der Waals surface area contributed by atoms with Gasteiger partial charge in [-0.05, 0) is 77.2 Å². The molecule has 31 heavy (non-hydrogen) atoms. The van der Waals surface area contributed by atoms with Gasteiger partial charge in [-0.1, -0.05) is 39.7 Å². The Morgan fingerprint density at radius 3 is 2.32 bits per heavy atom. The van der Waals surface area contributed by atoms with Gasteiger partial charge in [0.25, 0.3) is 5.56 Å². The molecule has 0 unspecified atom stereocenters. The molecule has 0 saturated carbocycles. The second-order valence-electron chi connectivity index (χ2n) is 6.97. The monoisotopic (exact) mass is 602 g/mol. The molecule has 0 saturated heterocycles. The first-order valence-corrected chi connectivity index (χ1v) is 11.5. The zero-order valence-corrected chi connectivity index (χ0v) is 20.3. The van der Waals surface area contributed by atoms with Crippen molar-refractivity contribution in [1.29, 1.82) is 0 Å². The third kappa shape index (κ3) is 3.60. The van der Waals surface area contributed by atoms with Crippen molar-refractivity contribution in [3.8, 4) is 22.6 Å². The van der Waals surface area contributed by atoms with Crippen molar-refractivity contribution in [2.24, 2.45) is 0 Å². The van der Waals surface area contributed by atoms with Crippen molar-refractivity contribution in [2.75, 3.05) is 5.84 Å². The first-order valence-electron chi connectivity index (χ1n) is 9.25. The molecule has 0 fully saturated rings. The summed E-state index contributed by atoms with van der Waals surface area (Å²) >= 11 is 11.7. The van der Waals surface area contributed by atoms with Crippen LogP contribution in [0.1, 0.15) is 0 Å². The van der Waals surface area contributed by atoms with Crippen LogP contribution < -0.4 is 11.4 Å². The van der Waals surface area contributed by atoms with Crippen LogP contribution in [0.4, 0.5) is 0 Å². The summed E-state index contributed by atoms with van der Waals surface area (Å²) in [6.45, 7) is 0. The second-order valence-corrected chi connectivity index (χ2v) is 9.57. The van der Waals surface area contributed by atoms with Gasteiger partial charge in [-0.15, -0.1) is 0 Å². The van der Waals surface area contributed by atoms with E-state index >= 15 is 0 Å². The van der Waals surface area contributed by atoms with E-state index < -0.39 is 0 Å². The SMILES string of the molecule is Nn1c(-c2ccc(Cl)cc2)nc2c(-c3ccc(Br)cc3)nc3ccc(I)cc3c2c1=O. The molecule has 0 amide bonds. The predicted molar refractivity (Wildman–Crippen MR) is 138 cm³/mol. The normalized spacial score (nSPS) is 11.3. The minimum atomic E-state index is -0.331. The highest BCUT2D eigenvalue weighted by Gasteiger charge is 2.19. The Bertz CT molecular complexity index is 1530. The van der Waals surface area contributed by atoms with Gasteiger partial charge in [0.15, 0.2) is 5.82 Å². The molecule has 2 N–H and O–H groups in total. The van der Waals surface area contributed by atoms with Gasteiger partial charge >= 0.3 is 0 Å². The third-order valence-corrected chi connectivity index (χ3v) is 6.47. The van der Waals surface area contributed by atoms with Gasteiger partial charge in [-0.25, -0.2) is 14.6 Å².